The van der Waals surface area contributed by atoms with E-state index in [4.69, 9.17) is 0 Å². The minimum Gasteiger partial charge on any atom is -0.390 e. The summed E-state index contributed by atoms with van der Waals surface area (Å²) in [4.78, 5) is 18.6. The highest BCUT2D eigenvalue weighted by Gasteiger charge is 2.33. The third kappa shape index (κ3) is 4.22. The molecule has 2 aliphatic heterocycles. The highest BCUT2D eigenvalue weighted by atomic mass is 16.3. The SMILES string of the molecule is CC(=O)c1cccc(CN2CC[C@@H](N3CCN(C)CC3)[C@H](O)C2)c1. The van der Waals surface area contributed by atoms with Gasteiger partial charge in [-0.25, -0.2) is 0 Å². The van der Waals surface area contributed by atoms with Gasteiger partial charge in [0.15, 0.2) is 5.78 Å². The average molecular weight is 331 g/mol. The van der Waals surface area contributed by atoms with Crippen LogP contribution in [0.2, 0.25) is 0 Å². The molecule has 0 aliphatic carbocycles. The van der Waals surface area contributed by atoms with Crippen LogP contribution in [0.3, 0.4) is 0 Å². The minimum atomic E-state index is -0.293. The van der Waals surface area contributed by atoms with E-state index in [-0.39, 0.29) is 11.9 Å². The fourth-order valence-electron chi connectivity index (χ4n) is 3.85. The predicted molar refractivity (Wildman–Crippen MR) is 95.2 cm³/mol. The Morgan fingerprint density at radius 3 is 2.62 bits per heavy atom. The van der Waals surface area contributed by atoms with E-state index in [0.29, 0.717) is 12.6 Å². The molecule has 2 aliphatic rings. The van der Waals surface area contributed by atoms with Gasteiger partial charge in [0, 0.05) is 57.4 Å². The maximum absolute atomic E-state index is 11.5. The van der Waals surface area contributed by atoms with Crippen LogP contribution in [0.5, 0.6) is 0 Å². The van der Waals surface area contributed by atoms with Crippen LogP contribution in [0.15, 0.2) is 24.3 Å². The molecule has 2 atom stereocenters. The van der Waals surface area contributed by atoms with Gasteiger partial charge in [-0.3, -0.25) is 14.6 Å². The molecular formula is C19H29N3O2. The van der Waals surface area contributed by atoms with Crippen LogP contribution in [0, 0.1) is 0 Å². The zero-order valence-electron chi connectivity index (χ0n) is 14.8. The number of hydrogen-bond donors (Lipinski definition) is 1. The normalized spacial score (nSPS) is 27.3. The van der Waals surface area contributed by atoms with Gasteiger partial charge < -0.3 is 10.0 Å². The van der Waals surface area contributed by atoms with Crippen molar-refractivity contribution < 1.29 is 9.90 Å². The molecule has 24 heavy (non-hydrogen) atoms. The molecule has 0 aromatic heterocycles. The summed E-state index contributed by atoms with van der Waals surface area (Å²) in [6, 6.07) is 8.13. The number of piperidine rings is 1. The number of aliphatic hydroxyl groups excluding tert-OH is 1. The van der Waals surface area contributed by atoms with Crippen LogP contribution in [0.1, 0.15) is 29.3 Å². The third-order valence-corrected chi connectivity index (χ3v) is 5.38. The molecule has 2 fully saturated rings. The van der Waals surface area contributed by atoms with Gasteiger partial charge in [0.05, 0.1) is 6.10 Å². The Morgan fingerprint density at radius 2 is 1.96 bits per heavy atom. The zero-order valence-corrected chi connectivity index (χ0v) is 14.8. The number of β-amino-alcohol motifs (C(OH)–C–C–N with tert-alkyl or cyclic N) is 1. The number of carbonyl (C=O) groups is 1. The van der Waals surface area contributed by atoms with E-state index in [0.717, 1.165) is 56.8 Å². The molecule has 0 amide bonds. The van der Waals surface area contributed by atoms with Crippen molar-refractivity contribution in [1.82, 2.24) is 14.7 Å². The Balaban J connectivity index is 1.55. The first-order valence-corrected chi connectivity index (χ1v) is 8.96. The first kappa shape index (κ1) is 17.5. The minimum absolute atomic E-state index is 0.102. The van der Waals surface area contributed by atoms with Crippen LogP contribution >= 0.6 is 0 Å². The molecule has 0 unspecified atom stereocenters. The molecule has 0 spiro atoms. The van der Waals surface area contributed by atoms with Gasteiger partial charge in [-0.15, -0.1) is 0 Å². The van der Waals surface area contributed by atoms with Crippen LogP contribution in [0.4, 0.5) is 0 Å². The molecule has 0 radical (unpaired) electrons. The van der Waals surface area contributed by atoms with Gasteiger partial charge in [-0.1, -0.05) is 18.2 Å². The zero-order chi connectivity index (χ0) is 17.1. The molecule has 1 aromatic rings. The number of likely N-dealkylation sites (tertiary alicyclic amines) is 1. The van der Waals surface area contributed by atoms with Gasteiger partial charge in [-0.05, 0) is 32.0 Å². The van der Waals surface area contributed by atoms with E-state index in [1.807, 2.05) is 18.2 Å². The second kappa shape index (κ2) is 7.74. The van der Waals surface area contributed by atoms with Crippen LogP contribution in [-0.4, -0.2) is 84.1 Å². The van der Waals surface area contributed by atoms with Gasteiger partial charge in [0.2, 0.25) is 0 Å². The van der Waals surface area contributed by atoms with Crippen molar-refractivity contribution >= 4 is 5.78 Å². The number of likely N-dealkylation sites (N-methyl/N-ethyl adjacent to an activating group) is 1. The monoisotopic (exact) mass is 331 g/mol. The van der Waals surface area contributed by atoms with E-state index in [2.05, 4.69) is 27.8 Å². The summed E-state index contributed by atoms with van der Waals surface area (Å²) in [7, 11) is 2.16. The van der Waals surface area contributed by atoms with Crippen LogP contribution in [-0.2, 0) is 6.54 Å². The number of piperazine rings is 1. The van der Waals surface area contributed by atoms with E-state index in [1.54, 1.807) is 6.92 Å². The van der Waals surface area contributed by atoms with Crippen molar-refractivity contribution in [3.05, 3.63) is 35.4 Å². The summed E-state index contributed by atoms with van der Waals surface area (Å²) < 4.78 is 0. The molecule has 3 rings (SSSR count). The molecule has 0 saturated carbocycles. The summed E-state index contributed by atoms with van der Waals surface area (Å²) in [6.07, 6.45) is 0.718. The number of aliphatic hydroxyl groups is 1. The Bertz CT molecular complexity index is 569. The Hall–Kier alpha value is -1.27. The maximum atomic E-state index is 11.5. The number of rotatable bonds is 4. The van der Waals surface area contributed by atoms with E-state index < -0.39 is 0 Å². The Morgan fingerprint density at radius 1 is 1.21 bits per heavy atom. The molecular weight excluding hydrogens is 302 g/mol. The average Bonchev–Trinajstić information content (AvgIpc) is 2.56. The largest absolute Gasteiger partial charge is 0.390 e. The van der Waals surface area contributed by atoms with Crippen molar-refractivity contribution in [2.75, 3.05) is 46.3 Å². The molecule has 5 heteroatoms. The van der Waals surface area contributed by atoms with Gasteiger partial charge >= 0.3 is 0 Å². The molecule has 0 bridgehead atoms. The van der Waals surface area contributed by atoms with Crippen molar-refractivity contribution in [3.8, 4) is 0 Å². The number of nitrogens with zero attached hydrogens (tertiary/aromatic N) is 3. The standard InChI is InChI=1S/C19H29N3O2/c1-15(23)17-5-3-4-16(12-17)13-21-7-6-18(19(24)14-21)22-10-8-20(2)9-11-22/h3-5,12,18-19,24H,6-11,13-14H2,1-2H3/t18-,19-/m1/s1. The van der Waals surface area contributed by atoms with E-state index in [1.165, 1.54) is 0 Å². The number of hydrogen-bond acceptors (Lipinski definition) is 5. The molecule has 132 valence electrons. The molecule has 5 nitrogen and oxygen atoms in total. The smallest absolute Gasteiger partial charge is 0.159 e. The fraction of sp³-hybridized carbons (Fsp3) is 0.632. The van der Waals surface area contributed by atoms with Crippen molar-refractivity contribution in [1.29, 1.82) is 0 Å². The summed E-state index contributed by atoms with van der Waals surface area (Å²) in [5, 5.41) is 10.6. The van der Waals surface area contributed by atoms with E-state index in [9.17, 15) is 9.90 Å². The maximum Gasteiger partial charge on any atom is 0.159 e. The first-order valence-electron chi connectivity index (χ1n) is 8.96. The van der Waals surface area contributed by atoms with E-state index >= 15 is 0 Å². The summed E-state index contributed by atoms with van der Waals surface area (Å²) in [5.41, 5.74) is 1.91. The molecule has 2 heterocycles. The third-order valence-electron chi connectivity index (χ3n) is 5.38. The molecule has 1 N–H and O–H groups in total. The lowest BCUT2D eigenvalue weighted by atomic mass is 9.98. The number of carbonyl (C=O) groups excluding carboxylic acids is 1. The Kier molecular flexibility index (Phi) is 5.66. The summed E-state index contributed by atoms with van der Waals surface area (Å²) in [5.74, 6) is 0.102. The quantitative estimate of drug-likeness (QED) is 0.837. The topological polar surface area (TPSA) is 47.0 Å². The Labute approximate surface area is 144 Å². The van der Waals surface area contributed by atoms with Gasteiger partial charge in [0.1, 0.15) is 0 Å². The second-order valence-corrected chi connectivity index (χ2v) is 7.25. The highest BCUT2D eigenvalue weighted by Crippen LogP contribution is 2.20. The lowest BCUT2D eigenvalue weighted by Gasteiger charge is -2.44. The number of ketones is 1. The fourth-order valence-corrected chi connectivity index (χ4v) is 3.85. The summed E-state index contributed by atoms with van der Waals surface area (Å²) >= 11 is 0. The number of benzene rings is 1. The van der Waals surface area contributed by atoms with Crippen LogP contribution in [0.25, 0.3) is 0 Å². The van der Waals surface area contributed by atoms with Crippen LogP contribution < -0.4 is 0 Å². The molecule has 2 saturated heterocycles. The van der Waals surface area contributed by atoms with Crippen molar-refractivity contribution in [3.63, 3.8) is 0 Å². The first-order chi connectivity index (χ1) is 11.5. The van der Waals surface area contributed by atoms with Gasteiger partial charge in [-0.2, -0.15) is 0 Å². The highest BCUT2D eigenvalue weighted by molar-refractivity contribution is 5.94. The van der Waals surface area contributed by atoms with Crippen molar-refractivity contribution in [2.24, 2.45) is 0 Å². The lowest BCUT2D eigenvalue weighted by Crippen LogP contribution is -2.58. The molecule has 1 aromatic carbocycles. The van der Waals surface area contributed by atoms with Gasteiger partial charge in [0.25, 0.3) is 0 Å². The predicted octanol–water partition coefficient (Wildman–Crippen LogP) is 1.07. The lowest BCUT2D eigenvalue weighted by molar-refractivity contribution is -0.0286. The second-order valence-electron chi connectivity index (χ2n) is 7.25. The summed E-state index contributed by atoms with van der Waals surface area (Å²) in [6.45, 7) is 8.39. The number of Topliss-reactive ketones (excluding diaryl/α,β-unsaturated/α-hetero) is 1. The van der Waals surface area contributed by atoms with Crippen molar-refractivity contribution in [2.45, 2.75) is 32.0 Å².